The van der Waals surface area contributed by atoms with Crippen LogP contribution in [0.2, 0.25) is 0 Å². The Balaban J connectivity index is 2.59. The molecule has 0 bridgehead atoms. The molecule has 246 valence electrons. The summed E-state index contributed by atoms with van der Waals surface area (Å²) < 4.78 is 0. The molecule has 4 N–H and O–H groups in total. The van der Waals surface area contributed by atoms with Crippen molar-refractivity contribution in [3.63, 3.8) is 0 Å². The number of carboxylic acid groups (broad SMARTS) is 2. The molecule has 0 amide bonds. The second kappa shape index (κ2) is 12.2. The Bertz CT molecular complexity index is 867. The highest BCUT2D eigenvalue weighted by Crippen LogP contribution is 2.58. The quantitative estimate of drug-likeness (QED) is 0.221. The van der Waals surface area contributed by atoms with Gasteiger partial charge in [-0.25, -0.2) is 0 Å². The van der Waals surface area contributed by atoms with Gasteiger partial charge in [-0.1, -0.05) is 0 Å². The van der Waals surface area contributed by atoms with E-state index in [1.165, 1.54) is 0 Å². The lowest BCUT2D eigenvalue weighted by Gasteiger charge is -2.61. The SMILES string of the molecule is CC(C)(O)CON1C(C)(C)CC(C(CCCC(=O)O)(C(=O)O)C2CC(C)(C)N(OCC(C)(C)O)C(C)(C)C2)CC1(C)C. The van der Waals surface area contributed by atoms with Gasteiger partial charge in [-0.3, -0.25) is 19.3 Å². The monoisotopic (exact) mass is 600 g/mol. The van der Waals surface area contributed by atoms with Gasteiger partial charge in [-0.05, 0) is 133 Å². The number of nitrogens with zero attached hydrogens (tertiary/aromatic N) is 2. The topological polar surface area (TPSA) is 140 Å². The molecule has 10 heteroatoms. The van der Waals surface area contributed by atoms with E-state index in [2.05, 4.69) is 55.4 Å². The third-order valence-corrected chi connectivity index (χ3v) is 9.11. The van der Waals surface area contributed by atoms with Gasteiger partial charge in [0.1, 0.15) is 0 Å². The molecule has 2 saturated heterocycles. The molecule has 10 nitrogen and oxygen atoms in total. The van der Waals surface area contributed by atoms with Crippen LogP contribution in [0.5, 0.6) is 0 Å². The summed E-state index contributed by atoms with van der Waals surface area (Å²) in [5, 5.41) is 45.3. The Labute approximate surface area is 253 Å². The molecule has 0 aliphatic carbocycles. The molecule has 2 aliphatic rings. The van der Waals surface area contributed by atoms with Crippen LogP contribution in [0, 0.1) is 17.3 Å². The van der Waals surface area contributed by atoms with Crippen molar-refractivity contribution in [3.05, 3.63) is 0 Å². The fourth-order valence-corrected chi connectivity index (χ4v) is 8.13. The summed E-state index contributed by atoms with van der Waals surface area (Å²) >= 11 is 0. The number of hydrogen-bond acceptors (Lipinski definition) is 8. The molecule has 2 rings (SSSR count). The summed E-state index contributed by atoms with van der Waals surface area (Å²) in [5.74, 6) is -2.31. The fourth-order valence-electron chi connectivity index (χ4n) is 8.13. The van der Waals surface area contributed by atoms with Crippen LogP contribution in [0.25, 0.3) is 0 Å². The number of carboxylic acids is 2. The molecule has 0 unspecified atom stereocenters. The van der Waals surface area contributed by atoms with E-state index < -0.39 is 50.7 Å². The minimum atomic E-state index is -1.18. The highest BCUT2D eigenvalue weighted by Gasteiger charge is 2.62. The average molecular weight is 601 g/mol. The average Bonchev–Trinajstić information content (AvgIpc) is 2.71. The Morgan fingerprint density at radius 2 is 1.00 bits per heavy atom. The molecule has 0 saturated carbocycles. The van der Waals surface area contributed by atoms with Crippen LogP contribution in [0.4, 0.5) is 0 Å². The molecule has 0 aromatic heterocycles. The van der Waals surface area contributed by atoms with Crippen molar-refractivity contribution in [1.29, 1.82) is 0 Å². The molecule has 2 aliphatic heterocycles. The molecule has 0 radical (unpaired) electrons. The summed E-state index contributed by atoms with van der Waals surface area (Å²) in [6.07, 6.45) is 2.60. The first-order valence-electron chi connectivity index (χ1n) is 15.4. The van der Waals surface area contributed by atoms with Gasteiger partial charge in [0.05, 0.1) is 29.8 Å². The van der Waals surface area contributed by atoms with E-state index in [1.807, 2.05) is 10.1 Å². The Morgan fingerprint density at radius 1 is 0.690 bits per heavy atom. The van der Waals surface area contributed by atoms with Gasteiger partial charge in [0.25, 0.3) is 0 Å². The standard InChI is InChI=1S/C32H60N2O8/c1-26(2)16-22(17-27(3,4)33(26)41-20-30(9,10)39)32(25(37)38,15-13-14-24(35)36)23-18-28(5,6)34(29(7,8)19-23)42-21-31(11,12)40/h22-23,39-40H,13-21H2,1-12H3,(H,35,36)(H,37,38). The van der Waals surface area contributed by atoms with Crippen LogP contribution in [-0.4, -0.2) is 89.1 Å². The predicted octanol–water partition coefficient (Wildman–Crippen LogP) is 5.26. The Kier molecular flexibility index (Phi) is 10.7. The first-order chi connectivity index (χ1) is 18.7. The lowest BCUT2D eigenvalue weighted by Crippen LogP contribution is -2.67. The molecular formula is C32H60N2O8. The summed E-state index contributed by atoms with van der Waals surface area (Å²) in [5.41, 5.74) is -5.42. The fraction of sp³-hybridized carbons (Fsp3) is 0.938. The summed E-state index contributed by atoms with van der Waals surface area (Å²) in [6.45, 7) is 23.4. The number of hydroxylamine groups is 4. The van der Waals surface area contributed by atoms with Crippen molar-refractivity contribution in [2.45, 2.75) is 161 Å². The highest BCUT2D eigenvalue weighted by atomic mass is 16.7. The van der Waals surface area contributed by atoms with Crippen molar-refractivity contribution in [2.24, 2.45) is 17.3 Å². The third-order valence-electron chi connectivity index (χ3n) is 9.11. The number of aliphatic hydroxyl groups is 2. The van der Waals surface area contributed by atoms with Crippen molar-refractivity contribution >= 4 is 11.9 Å². The van der Waals surface area contributed by atoms with Gasteiger partial charge < -0.3 is 20.4 Å². The van der Waals surface area contributed by atoms with Crippen molar-refractivity contribution in [3.8, 4) is 0 Å². The Hall–Kier alpha value is -1.30. The number of hydrogen-bond donors (Lipinski definition) is 4. The maximum absolute atomic E-state index is 13.7. The number of piperidine rings is 2. The smallest absolute Gasteiger partial charge is 0.310 e. The molecular weight excluding hydrogens is 540 g/mol. The molecule has 0 atom stereocenters. The van der Waals surface area contributed by atoms with E-state index in [9.17, 15) is 30.0 Å². The van der Waals surface area contributed by atoms with Gasteiger partial charge in [0.15, 0.2) is 0 Å². The maximum atomic E-state index is 13.7. The maximum Gasteiger partial charge on any atom is 0.310 e. The van der Waals surface area contributed by atoms with Crippen LogP contribution in [-0.2, 0) is 19.3 Å². The van der Waals surface area contributed by atoms with Crippen LogP contribution < -0.4 is 0 Å². The zero-order valence-corrected chi connectivity index (χ0v) is 28.3. The van der Waals surface area contributed by atoms with E-state index in [0.29, 0.717) is 25.7 Å². The highest BCUT2D eigenvalue weighted by molar-refractivity contribution is 5.76. The largest absolute Gasteiger partial charge is 0.481 e. The lowest BCUT2D eigenvalue weighted by molar-refractivity contribution is -0.318. The van der Waals surface area contributed by atoms with E-state index in [0.717, 1.165) is 0 Å². The van der Waals surface area contributed by atoms with Crippen LogP contribution in [0.3, 0.4) is 0 Å². The van der Waals surface area contributed by atoms with Gasteiger partial charge >= 0.3 is 11.9 Å². The first-order valence-corrected chi connectivity index (χ1v) is 15.4. The Morgan fingerprint density at radius 3 is 1.24 bits per heavy atom. The molecule has 0 aromatic carbocycles. The summed E-state index contributed by atoms with van der Waals surface area (Å²) in [7, 11) is 0. The van der Waals surface area contributed by atoms with E-state index in [1.54, 1.807) is 27.7 Å². The second-order valence-electron chi connectivity index (χ2n) is 16.8. The molecule has 2 fully saturated rings. The third kappa shape index (κ3) is 8.66. The molecule has 2 heterocycles. The number of rotatable bonds is 13. The number of aliphatic carboxylic acids is 2. The summed E-state index contributed by atoms with van der Waals surface area (Å²) in [6, 6.07) is 0. The molecule has 42 heavy (non-hydrogen) atoms. The zero-order chi connectivity index (χ0) is 32.7. The first kappa shape index (κ1) is 36.9. The van der Waals surface area contributed by atoms with Gasteiger partial charge in [0.2, 0.25) is 0 Å². The molecule has 0 spiro atoms. The van der Waals surface area contributed by atoms with Crippen molar-refractivity contribution in [2.75, 3.05) is 13.2 Å². The lowest BCUT2D eigenvalue weighted by atomic mass is 9.52. The minimum absolute atomic E-state index is 0.0876. The van der Waals surface area contributed by atoms with Gasteiger partial charge in [-0.15, -0.1) is 0 Å². The van der Waals surface area contributed by atoms with Gasteiger partial charge in [-0.2, -0.15) is 10.1 Å². The predicted molar refractivity (Wildman–Crippen MR) is 161 cm³/mol. The second-order valence-corrected chi connectivity index (χ2v) is 16.8. The van der Waals surface area contributed by atoms with E-state index >= 15 is 0 Å². The van der Waals surface area contributed by atoms with Crippen molar-refractivity contribution in [1.82, 2.24) is 10.1 Å². The van der Waals surface area contributed by atoms with Crippen LogP contribution in [0.1, 0.15) is 128 Å². The summed E-state index contributed by atoms with van der Waals surface area (Å²) in [4.78, 5) is 37.7. The normalized spacial score (nSPS) is 24.0. The van der Waals surface area contributed by atoms with Crippen molar-refractivity contribution < 1.29 is 39.7 Å². The van der Waals surface area contributed by atoms with Crippen LogP contribution >= 0.6 is 0 Å². The minimum Gasteiger partial charge on any atom is -0.481 e. The molecule has 0 aromatic rings. The van der Waals surface area contributed by atoms with Gasteiger partial charge in [0, 0.05) is 28.6 Å². The zero-order valence-electron chi connectivity index (χ0n) is 28.3. The van der Waals surface area contributed by atoms with Crippen LogP contribution in [0.15, 0.2) is 0 Å². The van der Waals surface area contributed by atoms with E-state index in [4.69, 9.17) is 9.68 Å². The number of carbonyl (C=O) groups is 2. The van der Waals surface area contributed by atoms with E-state index in [-0.39, 0.29) is 44.3 Å².